The quantitative estimate of drug-likeness (QED) is 0.420. The van der Waals surface area contributed by atoms with Crippen molar-refractivity contribution in [1.29, 1.82) is 0 Å². The Labute approximate surface area is 232 Å². The molecule has 4 heterocycles. The van der Waals surface area contributed by atoms with Crippen LogP contribution in [0.5, 0.6) is 0 Å². The van der Waals surface area contributed by atoms with E-state index in [2.05, 4.69) is 15.6 Å². The van der Waals surface area contributed by atoms with Gasteiger partial charge in [0, 0.05) is 44.5 Å². The smallest absolute Gasteiger partial charge is 0.250 e. The Morgan fingerprint density at radius 1 is 0.946 bits per heavy atom. The fourth-order valence-corrected chi connectivity index (χ4v) is 6.92. The van der Waals surface area contributed by atoms with Crippen LogP contribution < -0.4 is 15.5 Å². The molecule has 2 N–H and O–H groups in total. The van der Waals surface area contributed by atoms with Gasteiger partial charge in [-0.15, -0.1) is 0 Å². The number of aromatic nitrogens is 1. The van der Waals surface area contributed by atoms with Gasteiger partial charge in [-0.25, -0.2) is 4.90 Å². The van der Waals surface area contributed by atoms with Gasteiger partial charge in [0.2, 0.25) is 17.7 Å². The lowest BCUT2D eigenvalue weighted by molar-refractivity contribution is -0.130. The van der Waals surface area contributed by atoms with Crippen molar-refractivity contribution in [3.8, 4) is 0 Å². The summed E-state index contributed by atoms with van der Waals surface area (Å²) in [5.74, 6) is -3.41. The SMILES string of the molecule is Cc1cccc(CC2NC3(C(=O)Nc4c(Cl)cc(Cl)cc43)C3C(=O)N(c4cc(Cl)cc(Cl)c4)C(=O)C23)n1. The van der Waals surface area contributed by atoms with Crippen LogP contribution in [0.1, 0.15) is 17.0 Å². The van der Waals surface area contributed by atoms with E-state index in [1.807, 2.05) is 25.1 Å². The molecule has 2 fully saturated rings. The van der Waals surface area contributed by atoms with Gasteiger partial charge in [-0.3, -0.25) is 24.7 Å². The molecular weight excluding hydrogens is 558 g/mol. The molecule has 1 aromatic heterocycles. The first-order valence-electron chi connectivity index (χ1n) is 11.5. The highest BCUT2D eigenvalue weighted by Gasteiger charge is 2.70. The average Bonchev–Trinajstić information content (AvgIpc) is 3.38. The number of halogens is 4. The van der Waals surface area contributed by atoms with E-state index in [0.29, 0.717) is 22.7 Å². The molecule has 2 saturated heterocycles. The Morgan fingerprint density at radius 2 is 1.65 bits per heavy atom. The maximum absolute atomic E-state index is 14.1. The van der Waals surface area contributed by atoms with Crippen molar-refractivity contribution < 1.29 is 14.4 Å². The van der Waals surface area contributed by atoms with Gasteiger partial charge in [0.25, 0.3) is 0 Å². The minimum absolute atomic E-state index is 0.241. The zero-order valence-corrected chi connectivity index (χ0v) is 22.2. The highest BCUT2D eigenvalue weighted by molar-refractivity contribution is 6.38. The first kappa shape index (κ1) is 24.6. The number of nitrogens with zero attached hydrogens (tertiary/aromatic N) is 2. The molecule has 6 rings (SSSR count). The third-order valence-corrected chi connectivity index (χ3v) is 8.17. The molecule has 0 saturated carbocycles. The van der Waals surface area contributed by atoms with Crippen molar-refractivity contribution in [3.05, 3.63) is 85.6 Å². The summed E-state index contributed by atoms with van der Waals surface area (Å²) in [7, 11) is 0. The number of fused-ring (bicyclic) bond motifs is 4. The van der Waals surface area contributed by atoms with Crippen molar-refractivity contribution >= 4 is 75.5 Å². The average molecular weight is 576 g/mol. The minimum atomic E-state index is -1.56. The van der Waals surface area contributed by atoms with Crippen molar-refractivity contribution in [3.63, 3.8) is 0 Å². The van der Waals surface area contributed by atoms with Gasteiger partial charge >= 0.3 is 0 Å². The molecule has 1 spiro atoms. The number of nitrogens with one attached hydrogen (secondary N) is 2. The molecule has 3 aliphatic heterocycles. The summed E-state index contributed by atoms with van der Waals surface area (Å²) in [6, 6.07) is 12.6. The van der Waals surface area contributed by atoms with Crippen molar-refractivity contribution in [2.24, 2.45) is 11.8 Å². The Morgan fingerprint density at radius 3 is 2.35 bits per heavy atom. The zero-order chi connectivity index (χ0) is 26.2. The predicted molar refractivity (Wildman–Crippen MR) is 142 cm³/mol. The molecule has 3 aliphatic rings. The Hall–Kier alpha value is -2.68. The van der Waals surface area contributed by atoms with Gasteiger partial charge in [-0.2, -0.15) is 0 Å². The molecule has 11 heteroatoms. The largest absolute Gasteiger partial charge is 0.323 e. The maximum Gasteiger partial charge on any atom is 0.250 e. The van der Waals surface area contributed by atoms with Gasteiger partial charge in [0.05, 0.1) is 28.2 Å². The highest BCUT2D eigenvalue weighted by Crippen LogP contribution is 2.55. The number of imide groups is 1. The van der Waals surface area contributed by atoms with E-state index >= 15 is 0 Å². The van der Waals surface area contributed by atoms with Crippen LogP contribution in [0.2, 0.25) is 20.1 Å². The van der Waals surface area contributed by atoms with E-state index in [9.17, 15) is 14.4 Å². The third-order valence-electron chi connectivity index (χ3n) is 7.22. The van der Waals surface area contributed by atoms with Gasteiger partial charge in [-0.1, -0.05) is 52.5 Å². The summed E-state index contributed by atoms with van der Waals surface area (Å²) in [6.45, 7) is 1.87. The van der Waals surface area contributed by atoms with Crippen molar-refractivity contribution in [1.82, 2.24) is 10.3 Å². The molecule has 0 radical (unpaired) electrons. The second kappa shape index (κ2) is 8.68. The molecule has 0 aliphatic carbocycles. The number of pyridine rings is 1. The normalized spacial score (nSPS) is 26.1. The maximum atomic E-state index is 14.1. The fourth-order valence-electron chi connectivity index (χ4n) is 5.86. The number of rotatable bonds is 3. The van der Waals surface area contributed by atoms with Gasteiger partial charge in [0.1, 0.15) is 5.54 Å². The summed E-state index contributed by atoms with van der Waals surface area (Å²) in [5.41, 5.74) is 1.01. The van der Waals surface area contributed by atoms with E-state index in [0.717, 1.165) is 16.3 Å². The topological polar surface area (TPSA) is 91.4 Å². The van der Waals surface area contributed by atoms with Gasteiger partial charge < -0.3 is 5.32 Å². The Bertz CT molecular complexity index is 1510. The lowest BCUT2D eigenvalue weighted by Crippen LogP contribution is -2.53. The van der Waals surface area contributed by atoms with Crippen LogP contribution in [0.4, 0.5) is 11.4 Å². The lowest BCUT2D eigenvalue weighted by Gasteiger charge is -2.29. The van der Waals surface area contributed by atoms with Crippen LogP contribution >= 0.6 is 46.4 Å². The minimum Gasteiger partial charge on any atom is -0.323 e. The summed E-state index contributed by atoms with van der Waals surface area (Å²) in [4.78, 5) is 47.4. The third kappa shape index (κ3) is 3.67. The first-order valence-corrected chi connectivity index (χ1v) is 13.0. The molecule has 0 bridgehead atoms. The summed E-state index contributed by atoms with van der Waals surface area (Å²) in [6.07, 6.45) is 0.310. The molecule has 3 amide bonds. The van der Waals surface area contributed by atoms with E-state index in [4.69, 9.17) is 46.4 Å². The van der Waals surface area contributed by atoms with Crippen molar-refractivity contribution in [2.45, 2.75) is 24.9 Å². The highest BCUT2D eigenvalue weighted by atomic mass is 35.5. The summed E-state index contributed by atoms with van der Waals surface area (Å²) < 4.78 is 0. The molecule has 37 heavy (non-hydrogen) atoms. The van der Waals surface area contributed by atoms with Crippen LogP contribution in [0.25, 0.3) is 0 Å². The van der Waals surface area contributed by atoms with E-state index < -0.39 is 41.1 Å². The molecule has 3 aromatic rings. The second-order valence-corrected chi connectivity index (χ2v) is 11.2. The Balaban J connectivity index is 1.53. The van der Waals surface area contributed by atoms with Crippen LogP contribution in [-0.2, 0) is 26.3 Å². The number of carbonyl (C=O) groups excluding carboxylic acids is 3. The second-order valence-electron chi connectivity index (χ2n) is 9.44. The monoisotopic (exact) mass is 574 g/mol. The van der Waals surface area contributed by atoms with E-state index in [1.54, 1.807) is 6.07 Å². The van der Waals surface area contributed by atoms with Gasteiger partial charge in [0.15, 0.2) is 0 Å². The van der Waals surface area contributed by atoms with Crippen LogP contribution in [0.15, 0.2) is 48.5 Å². The fraction of sp³-hybridized carbons (Fsp3) is 0.231. The van der Waals surface area contributed by atoms with Crippen LogP contribution in [0, 0.1) is 18.8 Å². The number of aryl methyl sites for hydroxylation is 1. The zero-order valence-electron chi connectivity index (χ0n) is 19.2. The Kier molecular flexibility index (Phi) is 5.78. The summed E-state index contributed by atoms with van der Waals surface area (Å²) in [5, 5.41) is 7.26. The standard InChI is InChI=1S/C26H18Cl4N4O3/c1-11-3-2-4-15(31-11)10-19-20-21(24(36)34(23(20)35)16-6-12(27)5-13(28)7-16)26(33-19)17-8-14(29)9-18(30)22(17)32-25(26)37/h2-9,19-21,33H,10H2,1H3,(H,32,37). The number of hydrogen-bond donors (Lipinski definition) is 2. The first-order chi connectivity index (χ1) is 17.6. The van der Waals surface area contributed by atoms with Crippen molar-refractivity contribution in [2.75, 3.05) is 10.2 Å². The number of hydrogen-bond acceptors (Lipinski definition) is 5. The number of amides is 3. The van der Waals surface area contributed by atoms with Crippen LogP contribution in [0.3, 0.4) is 0 Å². The molecule has 4 atom stereocenters. The lowest BCUT2D eigenvalue weighted by atomic mass is 9.76. The van der Waals surface area contributed by atoms with Crippen LogP contribution in [-0.4, -0.2) is 28.7 Å². The molecular formula is C26H18Cl4N4O3. The molecule has 7 nitrogen and oxygen atoms in total. The molecule has 4 unspecified atom stereocenters. The molecule has 188 valence electrons. The van der Waals surface area contributed by atoms with Gasteiger partial charge in [-0.05, 0) is 49.4 Å². The van der Waals surface area contributed by atoms with E-state index in [-0.39, 0.29) is 20.8 Å². The number of anilines is 2. The molecule has 2 aromatic carbocycles. The predicted octanol–water partition coefficient (Wildman–Crippen LogP) is 5.17. The van der Waals surface area contributed by atoms with E-state index in [1.165, 1.54) is 24.3 Å². The summed E-state index contributed by atoms with van der Waals surface area (Å²) >= 11 is 25.1. The number of benzene rings is 2. The number of carbonyl (C=O) groups is 3.